The van der Waals surface area contributed by atoms with Crippen LogP contribution in [0.2, 0.25) is 0 Å². The lowest BCUT2D eigenvalue weighted by molar-refractivity contribution is -0.118. The predicted octanol–water partition coefficient (Wildman–Crippen LogP) is 3.89. The number of thiophene rings is 1. The van der Waals surface area contributed by atoms with Gasteiger partial charge in [0.2, 0.25) is 5.95 Å². The van der Waals surface area contributed by atoms with Crippen LogP contribution in [0, 0.1) is 6.92 Å². The highest BCUT2D eigenvalue weighted by atomic mass is 32.1. The Morgan fingerprint density at radius 1 is 1.21 bits per heavy atom. The van der Waals surface area contributed by atoms with Crippen molar-refractivity contribution in [3.05, 3.63) is 75.0 Å². The van der Waals surface area contributed by atoms with E-state index < -0.39 is 0 Å². The van der Waals surface area contributed by atoms with Crippen molar-refractivity contribution >= 4 is 23.1 Å². The molecule has 0 atom stereocenters. The van der Waals surface area contributed by atoms with E-state index in [9.17, 15) is 9.59 Å². The van der Waals surface area contributed by atoms with Gasteiger partial charge in [-0.05, 0) is 55.7 Å². The molecule has 0 aliphatic heterocycles. The molecule has 1 amide bonds. The number of carbonyl (C=O) groups excluding carboxylic acids is 1. The minimum Gasteiger partial charge on any atom is -0.483 e. The summed E-state index contributed by atoms with van der Waals surface area (Å²) in [6.45, 7) is 1.77. The van der Waals surface area contributed by atoms with Crippen molar-refractivity contribution in [2.75, 3.05) is 11.9 Å². The fourth-order valence-electron chi connectivity index (χ4n) is 3.91. The van der Waals surface area contributed by atoms with Crippen LogP contribution in [0.25, 0.3) is 16.5 Å². The summed E-state index contributed by atoms with van der Waals surface area (Å²) in [7, 11) is 0. The summed E-state index contributed by atoms with van der Waals surface area (Å²) < 4.78 is 7.16. The number of carbonyl (C=O) groups is 1. The van der Waals surface area contributed by atoms with Crippen LogP contribution in [0.4, 0.5) is 5.82 Å². The number of rotatable bonds is 6. The molecule has 4 aromatic rings. The molecule has 1 aliphatic carbocycles. The van der Waals surface area contributed by atoms with Crippen LogP contribution >= 0.6 is 11.3 Å². The van der Waals surface area contributed by atoms with E-state index in [0.29, 0.717) is 23.2 Å². The molecule has 3 aromatic heterocycles. The molecule has 0 fully saturated rings. The van der Waals surface area contributed by atoms with Crippen molar-refractivity contribution < 1.29 is 9.53 Å². The number of hydrogen-bond donors (Lipinski definition) is 2. The van der Waals surface area contributed by atoms with E-state index in [2.05, 4.69) is 20.4 Å². The van der Waals surface area contributed by atoms with Gasteiger partial charge < -0.3 is 10.1 Å². The third-order valence-electron chi connectivity index (χ3n) is 5.58. The summed E-state index contributed by atoms with van der Waals surface area (Å²) in [4.78, 5) is 33.9. The van der Waals surface area contributed by atoms with Gasteiger partial charge in [-0.2, -0.15) is 9.78 Å². The molecule has 2 N–H and O–H groups in total. The van der Waals surface area contributed by atoms with E-state index in [1.165, 1.54) is 4.68 Å². The number of fused-ring (bicyclic) bond motifs is 1. The lowest BCUT2D eigenvalue weighted by atomic mass is 9.97. The maximum atomic E-state index is 12.7. The van der Waals surface area contributed by atoms with E-state index in [1.807, 2.05) is 48.7 Å². The number of hydrogen-bond acceptors (Lipinski definition) is 6. The Bertz CT molecular complexity index is 1360. The Kier molecular flexibility index (Phi) is 5.78. The Balaban J connectivity index is 1.45. The van der Waals surface area contributed by atoms with Gasteiger partial charge in [0.15, 0.2) is 6.61 Å². The van der Waals surface area contributed by atoms with Crippen LogP contribution in [0.1, 0.15) is 29.7 Å². The molecule has 9 heteroatoms. The van der Waals surface area contributed by atoms with Gasteiger partial charge >= 0.3 is 0 Å². The molecule has 0 bridgehead atoms. The topological polar surface area (TPSA) is 102 Å². The molecule has 33 heavy (non-hydrogen) atoms. The van der Waals surface area contributed by atoms with Crippen LogP contribution in [0.15, 0.2) is 52.6 Å². The summed E-state index contributed by atoms with van der Waals surface area (Å²) >= 11 is 1.54. The number of benzene rings is 1. The fraction of sp³-hybridized carbons (Fsp3) is 0.250. The highest BCUT2D eigenvalue weighted by Gasteiger charge is 2.20. The van der Waals surface area contributed by atoms with Gasteiger partial charge in [-0.3, -0.25) is 14.6 Å². The lowest BCUT2D eigenvalue weighted by Gasteiger charge is -2.15. The quantitative estimate of drug-likeness (QED) is 0.454. The molecule has 8 nitrogen and oxygen atoms in total. The van der Waals surface area contributed by atoms with Crippen LogP contribution in [-0.4, -0.2) is 32.3 Å². The van der Waals surface area contributed by atoms with E-state index in [-0.39, 0.29) is 18.1 Å². The third kappa shape index (κ3) is 4.45. The van der Waals surface area contributed by atoms with Crippen molar-refractivity contribution in [2.45, 2.75) is 32.6 Å². The van der Waals surface area contributed by atoms with Crippen LogP contribution in [-0.2, 0) is 17.6 Å². The van der Waals surface area contributed by atoms with Crippen molar-refractivity contribution in [1.29, 1.82) is 0 Å². The van der Waals surface area contributed by atoms with Gasteiger partial charge in [-0.15, -0.1) is 11.3 Å². The summed E-state index contributed by atoms with van der Waals surface area (Å²) in [5.41, 5.74) is 3.02. The number of nitrogens with one attached hydrogen (secondary N) is 2. The normalized spacial score (nSPS) is 12.9. The molecule has 0 saturated heterocycles. The second-order valence-electron chi connectivity index (χ2n) is 7.93. The van der Waals surface area contributed by atoms with Crippen molar-refractivity contribution in [2.24, 2.45) is 0 Å². The molecule has 1 aromatic carbocycles. The minimum absolute atomic E-state index is 0.150. The predicted molar refractivity (Wildman–Crippen MR) is 127 cm³/mol. The number of anilines is 1. The SMILES string of the molecule is Cc1ccccc1OCC(=O)Nc1cc(-c2cccs2)nn1-c1nc2c(c(=O)[nH]1)CCCC2. The Labute approximate surface area is 194 Å². The van der Waals surface area contributed by atoms with Gasteiger partial charge in [0, 0.05) is 11.6 Å². The third-order valence-corrected chi connectivity index (χ3v) is 6.47. The molecule has 5 rings (SSSR count). The first-order valence-electron chi connectivity index (χ1n) is 10.8. The van der Waals surface area contributed by atoms with Crippen LogP contribution in [0.5, 0.6) is 5.75 Å². The van der Waals surface area contributed by atoms with Crippen molar-refractivity contribution in [3.8, 4) is 22.3 Å². The zero-order valence-corrected chi connectivity index (χ0v) is 18.9. The Hall–Kier alpha value is -3.72. The van der Waals surface area contributed by atoms with Crippen LogP contribution < -0.4 is 15.6 Å². The molecular weight excluding hydrogens is 438 g/mol. The number of aromatic nitrogens is 4. The van der Waals surface area contributed by atoms with Crippen LogP contribution in [0.3, 0.4) is 0 Å². The second-order valence-corrected chi connectivity index (χ2v) is 8.88. The minimum atomic E-state index is -0.336. The van der Waals surface area contributed by atoms with Crippen molar-refractivity contribution in [3.63, 3.8) is 0 Å². The highest BCUT2D eigenvalue weighted by molar-refractivity contribution is 7.13. The largest absolute Gasteiger partial charge is 0.483 e. The molecule has 0 spiro atoms. The fourth-order valence-corrected chi connectivity index (χ4v) is 4.59. The van der Waals surface area contributed by atoms with Gasteiger partial charge in [-0.1, -0.05) is 24.3 Å². The Morgan fingerprint density at radius 2 is 2.06 bits per heavy atom. The molecule has 0 unspecified atom stereocenters. The summed E-state index contributed by atoms with van der Waals surface area (Å²) in [5.74, 6) is 1.02. The molecule has 3 heterocycles. The zero-order chi connectivity index (χ0) is 22.8. The van der Waals surface area contributed by atoms with Gasteiger partial charge in [-0.25, -0.2) is 4.98 Å². The maximum Gasteiger partial charge on any atom is 0.263 e. The number of para-hydroxylation sites is 1. The first-order chi connectivity index (χ1) is 16.1. The summed E-state index contributed by atoms with van der Waals surface area (Å²) in [6.07, 6.45) is 3.49. The first kappa shape index (κ1) is 21.1. The number of nitrogens with zero attached hydrogens (tertiary/aromatic N) is 3. The number of H-pyrrole nitrogens is 1. The van der Waals surface area contributed by atoms with E-state index in [1.54, 1.807) is 17.4 Å². The van der Waals surface area contributed by atoms with Gasteiger partial charge in [0.05, 0.1) is 10.6 Å². The standard InChI is InChI=1S/C24H23N5O3S/c1-15-7-2-5-10-19(15)32-14-22(30)26-21-13-18(20-11-6-12-33-20)28-29(21)24-25-17-9-4-3-8-16(17)23(31)27-24/h2,5-7,10-13H,3-4,8-9,14H2,1H3,(H,26,30)(H,25,27,31). The first-order valence-corrected chi connectivity index (χ1v) is 11.7. The van der Waals surface area contributed by atoms with E-state index in [4.69, 9.17) is 4.74 Å². The number of amides is 1. The molecule has 1 aliphatic rings. The van der Waals surface area contributed by atoms with E-state index in [0.717, 1.165) is 47.4 Å². The molecular formula is C24H23N5O3S. The molecule has 0 radical (unpaired) electrons. The smallest absolute Gasteiger partial charge is 0.263 e. The Morgan fingerprint density at radius 3 is 2.88 bits per heavy atom. The monoisotopic (exact) mass is 461 g/mol. The number of aromatic amines is 1. The zero-order valence-electron chi connectivity index (χ0n) is 18.1. The average molecular weight is 462 g/mol. The van der Waals surface area contributed by atoms with Gasteiger partial charge in [0.25, 0.3) is 11.5 Å². The lowest BCUT2D eigenvalue weighted by Crippen LogP contribution is -2.26. The molecule has 0 saturated carbocycles. The second kappa shape index (κ2) is 9.03. The van der Waals surface area contributed by atoms with Crippen molar-refractivity contribution in [1.82, 2.24) is 19.7 Å². The summed E-state index contributed by atoms with van der Waals surface area (Å²) in [5, 5.41) is 9.46. The highest BCUT2D eigenvalue weighted by Crippen LogP contribution is 2.28. The average Bonchev–Trinajstić information content (AvgIpc) is 3.49. The summed E-state index contributed by atoms with van der Waals surface area (Å²) in [6, 6.07) is 13.2. The maximum absolute atomic E-state index is 12.7. The number of ether oxygens (including phenoxy) is 1. The van der Waals surface area contributed by atoms with E-state index >= 15 is 0 Å². The van der Waals surface area contributed by atoms with Gasteiger partial charge in [0.1, 0.15) is 17.3 Å². The number of aryl methyl sites for hydroxylation is 2. The molecule has 168 valence electrons.